The number of rotatable bonds is 5. The van der Waals surface area contributed by atoms with Crippen molar-refractivity contribution in [2.45, 2.75) is 43.9 Å². The minimum absolute atomic E-state index is 0.103. The Hall–Kier alpha value is -2.44. The fourth-order valence-corrected chi connectivity index (χ4v) is 7.52. The van der Waals surface area contributed by atoms with E-state index in [4.69, 9.17) is 16.0 Å². The highest BCUT2D eigenvalue weighted by atomic mass is 79.9. The van der Waals surface area contributed by atoms with Crippen LogP contribution < -0.4 is 0 Å². The summed E-state index contributed by atoms with van der Waals surface area (Å²) in [6.45, 7) is 0. The maximum atomic E-state index is 11.3. The Bertz CT molecular complexity index is 1260. The molecule has 174 valence electrons. The average Bonchev–Trinajstić information content (AvgIpc) is 3.28. The quantitative estimate of drug-likeness (QED) is 0.185. The zero-order valence-corrected chi connectivity index (χ0v) is 20.9. The first-order valence-corrected chi connectivity index (χ1v) is 12.9. The molecule has 0 amide bonds. The number of furan rings is 1. The van der Waals surface area contributed by atoms with E-state index in [1.54, 1.807) is 24.4 Å². The number of hydrogen-bond acceptors (Lipinski definition) is 4. The van der Waals surface area contributed by atoms with Crippen LogP contribution in [0.1, 0.15) is 49.8 Å². The molecule has 1 heterocycles. The molecule has 0 saturated heterocycles. The molecule has 3 aromatic rings. The summed E-state index contributed by atoms with van der Waals surface area (Å²) in [4.78, 5) is 15.4. The topological polar surface area (TPSA) is 68.6 Å². The normalized spacial score (nSPS) is 27.5. The van der Waals surface area contributed by atoms with Crippen molar-refractivity contribution >= 4 is 45.1 Å². The third-order valence-electron chi connectivity index (χ3n) is 7.98. The van der Waals surface area contributed by atoms with Crippen LogP contribution in [0.15, 0.2) is 62.4 Å². The van der Waals surface area contributed by atoms with Gasteiger partial charge in [0.15, 0.2) is 0 Å². The van der Waals surface area contributed by atoms with Crippen LogP contribution in [0.5, 0.6) is 0 Å². The first-order valence-electron chi connectivity index (χ1n) is 11.8. The van der Waals surface area contributed by atoms with Gasteiger partial charge in [0.1, 0.15) is 16.0 Å². The van der Waals surface area contributed by atoms with E-state index in [0.717, 1.165) is 23.4 Å². The van der Waals surface area contributed by atoms with Gasteiger partial charge < -0.3 is 4.42 Å². The lowest BCUT2D eigenvalue weighted by atomic mass is 9.48. The summed E-state index contributed by atoms with van der Waals surface area (Å²) >= 11 is 9.32. The molecule has 4 aliphatic rings. The Morgan fingerprint density at radius 1 is 1.03 bits per heavy atom. The van der Waals surface area contributed by atoms with E-state index in [-0.39, 0.29) is 15.2 Å². The Balaban J connectivity index is 1.19. The summed E-state index contributed by atoms with van der Waals surface area (Å²) in [5, 5.41) is 11.5. The molecular formula is C27H24BrClN2O3. The predicted molar refractivity (Wildman–Crippen MR) is 137 cm³/mol. The summed E-state index contributed by atoms with van der Waals surface area (Å²) in [6, 6.07) is 15.4. The van der Waals surface area contributed by atoms with Crippen molar-refractivity contribution in [3.8, 4) is 11.3 Å². The molecule has 0 unspecified atom stereocenters. The van der Waals surface area contributed by atoms with E-state index in [1.807, 2.05) is 0 Å². The van der Waals surface area contributed by atoms with E-state index in [2.05, 4.69) is 45.2 Å². The number of nitro groups is 1. The highest BCUT2D eigenvalue weighted by Gasteiger charge is 2.51. The fourth-order valence-electron chi connectivity index (χ4n) is 6.93. The summed E-state index contributed by atoms with van der Waals surface area (Å²) in [5.41, 5.74) is 3.20. The van der Waals surface area contributed by atoms with Gasteiger partial charge in [-0.15, -0.1) is 0 Å². The second-order valence-electron chi connectivity index (χ2n) is 10.3. The molecule has 2 aromatic carbocycles. The highest BCUT2D eigenvalue weighted by Crippen LogP contribution is 2.60. The summed E-state index contributed by atoms with van der Waals surface area (Å²) in [7, 11) is 0. The smallest absolute Gasteiger partial charge is 0.285 e. The zero-order valence-electron chi connectivity index (χ0n) is 18.5. The lowest BCUT2D eigenvalue weighted by Gasteiger charge is -2.57. The van der Waals surface area contributed by atoms with Gasteiger partial charge in [-0.1, -0.05) is 23.7 Å². The molecule has 34 heavy (non-hydrogen) atoms. The van der Waals surface area contributed by atoms with Gasteiger partial charge in [-0.3, -0.25) is 15.1 Å². The van der Waals surface area contributed by atoms with Crippen LogP contribution in [0.3, 0.4) is 0 Å². The van der Waals surface area contributed by atoms with E-state index in [1.165, 1.54) is 50.2 Å². The first kappa shape index (κ1) is 22.1. The number of halogens is 2. The Kier molecular flexibility index (Phi) is 5.41. The van der Waals surface area contributed by atoms with Crippen molar-refractivity contribution in [2.75, 3.05) is 0 Å². The van der Waals surface area contributed by atoms with Crippen molar-refractivity contribution in [2.24, 2.45) is 22.7 Å². The monoisotopic (exact) mass is 538 g/mol. The van der Waals surface area contributed by atoms with E-state index in [9.17, 15) is 10.1 Å². The molecule has 4 aliphatic carbocycles. The second-order valence-corrected chi connectivity index (χ2v) is 11.5. The second kappa shape index (κ2) is 8.35. The van der Waals surface area contributed by atoms with Crippen molar-refractivity contribution < 1.29 is 9.34 Å². The summed E-state index contributed by atoms with van der Waals surface area (Å²) < 4.78 is 6.12. The van der Waals surface area contributed by atoms with Crippen molar-refractivity contribution in [1.29, 1.82) is 0 Å². The standard InChI is InChI=1S/C27H24BrClN2O3/c28-26-23(29)10-19(11-24(26)31(32)33)25-6-5-22(34-25)15-30-21-3-1-20(2-4-21)27-12-16-7-17(13-27)9-18(8-16)14-27/h1-6,10-11,15-18H,7-9,12-14H2. The van der Waals surface area contributed by atoms with Gasteiger partial charge in [0, 0.05) is 11.6 Å². The molecule has 0 N–H and O–H groups in total. The molecule has 0 radical (unpaired) electrons. The minimum atomic E-state index is -0.474. The molecule has 4 bridgehead atoms. The lowest BCUT2D eigenvalue weighted by molar-refractivity contribution is -0.385. The van der Waals surface area contributed by atoms with Gasteiger partial charge in [0.2, 0.25) is 0 Å². The highest BCUT2D eigenvalue weighted by molar-refractivity contribution is 9.10. The van der Waals surface area contributed by atoms with Crippen LogP contribution in [0.4, 0.5) is 11.4 Å². The maximum absolute atomic E-state index is 11.3. The molecule has 1 aromatic heterocycles. The van der Waals surface area contributed by atoms with Gasteiger partial charge in [0.05, 0.1) is 21.8 Å². The molecule has 0 aliphatic heterocycles. The molecule has 0 spiro atoms. The van der Waals surface area contributed by atoms with Crippen LogP contribution >= 0.6 is 27.5 Å². The van der Waals surface area contributed by atoms with E-state index in [0.29, 0.717) is 22.5 Å². The van der Waals surface area contributed by atoms with Crippen LogP contribution in [0, 0.1) is 27.9 Å². The van der Waals surface area contributed by atoms with Crippen LogP contribution in [0.25, 0.3) is 11.3 Å². The molecule has 7 heteroatoms. The minimum Gasteiger partial charge on any atom is -0.455 e. The van der Waals surface area contributed by atoms with Crippen LogP contribution in [-0.2, 0) is 5.41 Å². The molecule has 5 nitrogen and oxygen atoms in total. The molecular weight excluding hydrogens is 516 g/mol. The van der Waals surface area contributed by atoms with Gasteiger partial charge in [-0.2, -0.15) is 0 Å². The Morgan fingerprint density at radius 2 is 1.68 bits per heavy atom. The van der Waals surface area contributed by atoms with Crippen LogP contribution in [0.2, 0.25) is 5.02 Å². The van der Waals surface area contributed by atoms with Crippen molar-refractivity contribution in [3.05, 3.63) is 79.5 Å². The number of hydrogen-bond donors (Lipinski definition) is 0. The fraction of sp³-hybridized carbons (Fsp3) is 0.370. The maximum Gasteiger partial charge on any atom is 0.285 e. The number of aliphatic imine (C=N–C) groups is 1. The third-order valence-corrected chi connectivity index (χ3v) is 9.34. The van der Waals surface area contributed by atoms with Crippen LogP contribution in [-0.4, -0.2) is 11.1 Å². The molecule has 7 rings (SSSR count). The van der Waals surface area contributed by atoms with Crippen molar-refractivity contribution in [3.63, 3.8) is 0 Å². The lowest BCUT2D eigenvalue weighted by Crippen LogP contribution is -2.48. The number of benzene rings is 2. The van der Waals surface area contributed by atoms with Gasteiger partial charge in [-0.05, 0) is 114 Å². The predicted octanol–water partition coefficient (Wildman–Crippen LogP) is 8.49. The Labute approximate surface area is 211 Å². The summed E-state index contributed by atoms with van der Waals surface area (Å²) in [5.74, 6) is 3.86. The molecule has 4 saturated carbocycles. The van der Waals surface area contributed by atoms with E-state index >= 15 is 0 Å². The van der Waals surface area contributed by atoms with Crippen molar-refractivity contribution in [1.82, 2.24) is 0 Å². The summed E-state index contributed by atoms with van der Waals surface area (Å²) in [6.07, 6.45) is 10.1. The SMILES string of the molecule is O=[N+]([O-])c1cc(-c2ccc(C=Nc3ccc(C45CC6CC(CC(C6)C4)C5)cc3)o2)cc(Cl)c1Br. The van der Waals surface area contributed by atoms with Gasteiger partial charge >= 0.3 is 0 Å². The Morgan fingerprint density at radius 3 is 2.29 bits per heavy atom. The van der Waals surface area contributed by atoms with Gasteiger partial charge in [-0.25, -0.2) is 0 Å². The first-order chi connectivity index (χ1) is 16.4. The third kappa shape index (κ3) is 3.91. The van der Waals surface area contributed by atoms with E-state index < -0.39 is 4.92 Å². The largest absolute Gasteiger partial charge is 0.455 e. The zero-order chi connectivity index (χ0) is 23.4. The number of nitro benzene ring substituents is 1. The number of nitrogens with zero attached hydrogens (tertiary/aromatic N) is 2. The molecule has 0 atom stereocenters. The average molecular weight is 540 g/mol. The molecule has 4 fully saturated rings. The van der Waals surface area contributed by atoms with Gasteiger partial charge in [0.25, 0.3) is 5.69 Å².